The molecule has 1 saturated heterocycles. The molecule has 0 aromatic rings. The molecule has 146 valence electrons. The summed E-state index contributed by atoms with van der Waals surface area (Å²) in [5, 5.41) is 18.9. The number of hydrogen-bond donors (Lipinski definition) is 3. The van der Waals surface area contributed by atoms with Gasteiger partial charge in [-0.2, -0.15) is 24.9 Å². The number of hydrogen-bond acceptors (Lipinski definition) is 5. The van der Waals surface area contributed by atoms with Crippen molar-refractivity contribution in [1.29, 1.82) is 0 Å². The first kappa shape index (κ1) is 23.5. The maximum atomic E-state index is 12.1. The number of amides is 1. The van der Waals surface area contributed by atoms with Crippen molar-refractivity contribution < 1.29 is 37.8 Å². The number of likely N-dealkylation sites (tertiary alicyclic amines) is 1. The van der Waals surface area contributed by atoms with E-state index < -0.39 is 24.2 Å². The van der Waals surface area contributed by atoms with Gasteiger partial charge in [-0.1, -0.05) is 6.92 Å². The predicted molar refractivity (Wildman–Crippen MR) is 86.5 cm³/mol. The molecule has 0 aromatic carbocycles. The summed E-state index contributed by atoms with van der Waals surface area (Å²) in [5.41, 5.74) is 0. The van der Waals surface area contributed by atoms with E-state index >= 15 is 0 Å². The van der Waals surface area contributed by atoms with Crippen LogP contribution < -0.4 is 5.32 Å². The van der Waals surface area contributed by atoms with E-state index in [4.69, 9.17) is 15.0 Å². The van der Waals surface area contributed by atoms with Crippen LogP contribution in [0.2, 0.25) is 0 Å². The normalized spacial score (nSPS) is 18.8. The summed E-state index contributed by atoms with van der Waals surface area (Å²) in [6, 6.07) is -0.907. The lowest BCUT2D eigenvalue weighted by molar-refractivity contribution is -0.192. The number of likely N-dealkylation sites (N-methyl/N-ethyl adjacent to an activating group) is 1. The third kappa shape index (κ3) is 8.96. The Morgan fingerprint density at radius 2 is 1.88 bits per heavy atom. The number of carboxylic acids is 2. The predicted octanol–water partition coefficient (Wildman–Crippen LogP) is 1.43. The molecule has 0 bridgehead atoms. The number of nitrogens with zero attached hydrogens (tertiary/aromatic N) is 1. The van der Waals surface area contributed by atoms with Gasteiger partial charge in [-0.3, -0.25) is 9.69 Å². The number of thioether (sulfide) groups is 1. The summed E-state index contributed by atoms with van der Waals surface area (Å²) in [7, 11) is 0. The van der Waals surface area contributed by atoms with Crippen molar-refractivity contribution in [2.24, 2.45) is 0 Å². The van der Waals surface area contributed by atoms with Crippen LogP contribution in [0.15, 0.2) is 0 Å². The number of aliphatic carboxylic acids is 2. The van der Waals surface area contributed by atoms with Crippen LogP contribution in [-0.4, -0.2) is 76.3 Å². The van der Waals surface area contributed by atoms with Crippen LogP contribution >= 0.6 is 11.8 Å². The Labute approximate surface area is 147 Å². The summed E-state index contributed by atoms with van der Waals surface area (Å²) < 4.78 is 31.7. The first-order chi connectivity index (χ1) is 11.5. The van der Waals surface area contributed by atoms with Gasteiger partial charge in [0.25, 0.3) is 0 Å². The van der Waals surface area contributed by atoms with Gasteiger partial charge in [-0.25, -0.2) is 9.59 Å². The Morgan fingerprint density at radius 3 is 2.28 bits per heavy atom. The van der Waals surface area contributed by atoms with E-state index in [9.17, 15) is 22.8 Å². The zero-order valence-corrected chi connectivity index (χ0v) is 14.8. The summed E-state index contributed by atoms with van der Waals surface area (Å²) >= 11 is 1.59. The lowest BCUT2D eigenvalue weighted by atomic mass is 10.1. The zero-order chi connectivity index (χ0) is 19.6. The van der Waals surface area contributed by atoms with Gasteiger partial charge in [0.05, 0.1) is 6.04 Å². The summed E-state index contributed by atoms with van der Waals surface area (Å²) in [6.45, 7) is 3.78. The van der Waals surface area contributed by atoms with E-state index in [0.29, 0.717) is 6.42 Å². The van der Waals surface area contributed by atoms with E-state index in [1.54, 1.807) is 11.8 Å². The number of carbonyl (C=O) groups excluding carboxylic acids is 1. The van der Waals surface area contributed by atoms with Crippen molar-refractivity contribution in [2.45, 2.75) is 44.4 Å². The lowest BCUT2D eigenvalue weighted by Gasteiger charge is -2.23. The van der Waals surface area contributed by atoms with Gasteiger partial charge in [0, 0.05) is 0 Å². The van der Waals surface area contributed by atoms with Gasteiger partial charge in [0.15, 0.2) is 0 Å². The molecule has 7 nitrogen and oxygen atoms in total. The fourth-order valence-corrected chi connectivity index (χ4v) is 2.73. The third-order valence-corrected chi connectivity index (χ3v) is 4.18. The smallest absolute Gasteiger partial charge is 0.480 e. The van der Waals surface area contributed by atoms with Crippen LogP contribution in [0.5, 0.6) is 0 Å². The molecule has 0 aliphatic carbocycles. The third-order valence-electron chi connectivity index (χ3n) is 3.54. The molecule has 1 amide bonds. The van der Waals surface area contributed by atoms with Crippen LogP contribution in [0, 0.1) is 0 Å². The van der Waals surface area contributed by atoms with Crippen molar-refractivity contribution in [2.75, 3.05) is 25.1 Å². The van der Waals surface area contributed by atoms with E-state index in [1.807, 2.05) is 13.2 Å². The summed E-state index contributed by atoms with van der Waals surface area (Å²) in [6.07, 6.45) is -0.847. The van der Waals surface area contributed by atoms with Crippen LogP contribution in [-0.2, 0) is 14.4 Å². The van der Waals surface area contributed by atoms with Crippen molar-refractivity contribution in [1.82, 2.24) is 10.2 Å². The zero-order valence-electron chi connectivity index (χ0n) is 14.0. The molecule has 3 N–H and O–H groups in total. The Kier molecular flexibility index (Phi) is 10.5. The van der Waals surface area contributed by atoms with Crippen molar-refractivity contribution in [3.63, 3.8) is 0 Å². The van der Waals surface area contributed by atoms with Crippen molar-refractivity contribution in [3.05, 3.63) is 0 Å². The Hall–Kier alpha value is -1.49. The highest BCUT2D eigenvalue weighted by atomic mass is 32.2. The number of alkyl halides is 3. The second-order valence-corrected chi connectivity index (χ2v) is 6.26. The second-order valence-electron chi connectivity index (χ2n) is 5.27. The average molecular weight is 388 g/mol. The highest BCUT2D eigenvalue weighted by Crippen LogP contribution is 2.17. The van der Waals surface area contributed by atoms with Gasteiger partial charge < -0.3 is 15.5 Å². The molecule has 25 heavy (non-hydrogen) atoms. The standard InChI is InChI=1S/C12H22N2O3S.C2HF3O2/c1-3-14-7-4-5-10(14)11(15)13-9(12(16)17)6-8-18-2;3-2(4,5)1(6)7/h9-10H,3-8H2,1-2H3,(H,13,15)(H,16,17);(H,6,7)/t9-,10-;/m0./s1. The van der Waals surface area contributed by atoms with Gasteiger partial charge in [-0.05, 0) is 44.4 Å². The van der Waals surface area contributed by atoms with Crippen molar-refractivity contribution >= 4 is 29.6 Å². The molecular formula is C14H23F3N2O5S. The van der Waals surface area contributed by atoms with Crippen LogP contribution in [0.25, 0.3) is 0 Å². The molecule has 0 spiro atoms. The minimum atomic E-state index is -5.08. The molecule has 1 heterocycles. The first-order valence-corrected chi connectivity index (χ1v) is 9.00. The highest BCUT2D eigenvalue weighted by Gasteiger charge is 2.38. The summed E-state index contributed by atoms with van der Waals surface area (Å²) in [4.78, 5) is 34.1. The second kappa shape index (κ2) is 11.2. The Balaban J connectivity index is 0.000000697. The molecule has 1 rings (SSSR count). The fourth-order valence-electron chi connectivity index (χ4n) is 2.26. The molecule has 1 aliphatic heterocycles. The first-order valence-electron chi connectivity index (χ1n) is 7.60. The molecule has 11 heteroatoms. The number of rotatable bonds is 7. The molecular weight excluding hydrogens is 365 g/mol. The number of nitrogens with one attached hydrogen (secondary N) is 1. The van der Waals surface area contributed by atoms with E-state index in [-0.39, 0.29) is 11.9 Å². The number of halogens is 3. The number of carbonyl (C=O) groups is 3. The average Bonchev–Trinajstić information content (AvgIpc) is 2.99. The minimum absolute atomic E-state index is 0.136. The Morgan fingerprint density at radius 1 is 1.32 bits per heavy atom. The molecule has 2 atom stereocenters. The monoisotopic (exact) mass is 388 g/mol. The van der Waals surface area contributed by atoms with Crippen LogP contribution in [0.4, 0.5) is 13.2 Å². The SMILES string of the molecule is CCN1CCC[C@H]1C(=O)N[C@@H](CCSC)C(=O)O.O=C(O)C(F)(F)F. The molecule has 0 unspecified atom stereocenters. The molecule has 0 aromatic heterocycles. The van der Waals surface area contributed by atoms with Gasteiger partial charge in [0.1, 0.15) is 6.04 Å². The summed E-state index contributed by atoms with van der Waals surface area (Å²) in [5.74, 6) is -3.10. The topological polar surface area (TPSA) is 107 Å². The van der Waals surface area contributed by atoms with E-state index in [1.165, 1.54) is 0 Å². The molecule has 1 aliphatic rings. The quantitative estimate of drug-likeness (QED) is 0.606. The van der Waals surface area contributed by atoms with Crippen molar-refractivity contribution in [3.8, 4) is 0 Å². The fraction of sp³-hybridized carbons (Fsp3) is 0.786. The molecule has 0 radical (unpaired) electrons. The van der Waals surface area contributed by atoms with Crippen LogP contribution in [0.3, 0.4) is 0 Å². The van der Waals surface area contributed by atoms with Gasteiger partial charge in [0.2, 0.25) is 5.91 Å². The molecule has 0 saturated carbocycles. The van der Waals surface area contributed by atoms with Crippen LogP contribution in [0.1, 0.15) is 26.2 Å². The van der Waals surface area contributed by atoms with Gasteiger partial charge >= 0.3 is 18.1 Å². The number of carboxylic acid groups (broad SMARTS) is 2. The highest BCUT2D eigenvalue weighted by molar-refractivity contribution is 7.98. The Bertz CT molecular complexity index is 462. The largest absolute Gasteiger partial charge is 0.490 e. The minimum Gasteiger partial charge on any atom is -0.480 e. The van der Waals surface area contributed by atoms with E-state index in [2.05, 4.69) is 10.2 Å². The lowest BCUT2D eigenvalue weighted by Crippen LogP contribution is -2.49. The maximum absolute atomic E-state index is 12.1. The van der Waals surface area contributed by atoms with Gasteiger partial charge in [-0.15, -0.1) is 0 Å². The molecule has 1 fully saturated rings. The maximum Gasteiger partial charge on any atom is 0.490 e. The van der Waals surface area contributed by atoms with E-state index in [0.717, 1.165) is 31.7 Å².